The zero-order chi connectivity index (χ0) is 12.3. The molecule has 0 radical (unpaired) electrons. The van der Waals surface area contributed by atoms with Gasteiger partial charge < -0.3 is 0 Å². The van der Waals surface area contributed by atoms with Gasteiger partial charge in [-0.25, -0.2) is 8.42 Å². The Kier molecular flexibility index (Phi) is 3.65. The van der Waals surface area contributed by atoms with Crippen LogP contribution in [0.15, 0.2) is 41.3 Å². The van der Waals surface area contributed by atoms with Crippen molar-refractivity contribution in [3.8, 4) is 0 Å². The molecule has 0 fully saturated rings. The molecule has 0 spiro atoms. The average molecular weight is 238 g/mol. The van der Waals surface area contributed by atoms with Crippen LogP contribution in [0.25, 0.3) is 0 Å². The maximum atomic E-state index is 11.8. The molecule has 0 N–H and O–H groups in total. The highest BCUT2D eigenvalue weighted by Gasteiger charge is 2.14. The normalized spacial score (nSPS) is 11.1. The Morgan fingerprint density at radius 2 is 1.69 bits per heavy atom. The molecule has 16 heavy (non-hydrogen) atoms. The first kappa shape index (κ1) is 12.6. The van der Waals surface area contributed by atoms with Crippen LogP contribution < -0.4 is 0 Å². The van der Waals surface area contributed by atoms with E-state index in [1.165, 1.54) is 31.2 Å². The highest BCUT2D eigenvalue weighted by atomic mass is 32.2. The first-order valence-electron chi connectivity index (χ1n) is 4.81. The van der Waals surface area contributed by atoms with E-state index in [-0.39, 0.29) is 16.4 Å². The monoisotopic (exact) mass is 238 g/mol. The van der Waals surface area contributed by atoms with E-state index in [9.17, 15) is 13.2 Å². The predicted molar refractivity (Wildman–Crippen MR) is 63.3 cm³/mol. The summed E-state index contributed by atoms with van der Waals surface area (Å²) in [5.41, 5.74) is 1.10. The fourth-order valence-electron chi connectivity index (χ4n) is 1.30. The molecule has 86 valence electrons. The summed E-state index contributed by atoms with van der Waals surface area (Å²) in [5, 5.41) is 0. The van der Waals surface area contributed by atoms with Gasteiger partial charge in [0.05, 0.1) is 10.6 Å². The Morgan fingerprint density at radius 1 is 1.19 bits per heavy atom. The Hall–Kier alpha value is -1.42. The van der Waals surface area contributed by atoms with Crippen molar-refractivity contribution in [2.45, 2.75) is 18.7 Å². The number of Topliss-reactive ketones (excluding diaryl/α,β-unsaturated/α-hetero) is 1. The molecule has 0 aliphatic heterocycles. The summed E-state index contributed by atoms with van der Waals surface area (Å²) in [4.78, 5) is 11.2. The summed E-state index contributed by atoms with van der Waals surface area (Å²) in [6.45, 7) is 6.69. The van der Waals surface area contributed by atoms with Crippen LogP contribution in [0.4, 0.5) is 0 Å². The number of hydrogen-bond acceptors (Lipinski definition) is 3. The summed E-state index contributed by atoms with van der Waals surface area (Å²) in [6, 6.07) is 5.95. The predicted octanol–water partition coefficient (Wildman–Crippen LogP) is 2.24. The third-order valence-corrected chi connectivity index (χ3v) is 3.92. The number of ketones is 1. The molecule has 4 heteroatoms. The van der Waals surface area contributed by atoms with E-state index in [0.29, 0.717) is 11.1 Å². The molecule has 0 aliphatic rings. The summed E-state index contributed by atoms with van der Waals surface area (Å²) in [6.07, 6.45) is 0. The van der Waals surface area contributed by atoms with Crippen molar-refractivity contribution in [3.05, 3.63) is 42.0 Å². The van der Waals surface area contributed by atoms with Crippen molar-refractivity contribution >= 4 is 15.6 Å². The second kappa shape index (κ2) is 4.61. The van der Waals surface area contributed by atoms with Gasteiger partial charge in [0.1, 0.15) is 0 Å². The van der Waals surface area contributed by atoms with Crippen LogP contribution in [0.2, 0.25) is 0 Å². The number of benzene rings is 1. The van der Waals surface area contributed by atoms with Crippen molar-refractivity contribution < 1.29 is 13.2 Å². The van der Waals surface area contributed by atoms with Gasteiger partial charge in [-0.15, -0.1) is 0 Å². The molecule has 1 aromatic carbocycles. The maximum Gasteiger partial charge on any atom is 0.182 e. The zero-order valence-corrected chi connectivity index (χ0v) is 10.2. The molecule has 3 nitrogen and oxygen atoms in total. The largest absolute Gasteiger partial charge is 0.295 e. The maximum absolute atomic E-state index is 11.8. The number of carbonyl (C=O) groups is 1. The van der Waals surface area contributed by atoms with Gasteiger partial charge in [-0.1, -0.05) is 24.3 Å². The van der Waals surface area contributed by atoms with Crippen LogP contribution in [0.3, 0.4) is 0 Å². The van der Waals surface area contributed by atoms with Gasteiger partial charge in [0, 0.05) is 5.56 Å². The molecule has 1 aromatic rings. The lowest BCUT2D eigenvalue weighted by Gasteiger charge is -2.04. The molecule has 0 saturated heterocycles. The summed E-state index contributed by atoms with van der Waals surface area (Å²) < 4.78 is 23.6. The topological polar surface area (TPSA) is 51.2 Å². The summed E-state index contributed by atoms with van der Waals surface area (Å²) in [5.74, 6) is -0.143. The molecular formula is C12H14O3S. The second-order valence-electron chi connectivity index (χ2n) is 3.80. The van der Waals surface area contributed by atoms with Gasteiger partial charge in [-0.2, -0.15) is 0 Å². The van der Waals surface area contributed by atoms with Crippen LogP contribution in [0, 0.1) is 0 Å². The molecule has 0 bridgehead atoms. The lowest BCUT2D eigenvalue weighted by Crippen LogP contribution is -2.07. The van der Waals surface area contributed by atoms with Gasteiger partial charge in [0.25, 0.3) is 0 Å². The third kappa shape index (κ3) is 3.03. The first-order valence-corrected chi connectivity index (χ1v) is 6.46. The van der Waals surface area contributed by atoms with Gasteiger partial charge >= 0.3 is 0 Å². The molecule has 0 unspecified atom stereocenters. The highest BCUT2D eigenvalue weighted by molar-refractivity contribution is 7.91. The van der Waals surface area contributed by atoms with Gasteiger partial charge in [0.2, 0.25) is 0 Å². The van der Waals surface area contributed by atoms with E-state index in [2.05, 4.69) is 6.58 Å². The number of hydrogen-bond donors (Lipinski definition) is 0. The van der Waals surface area contributed by atoms with Crippen LogP contribution in [-0.2, 0) is 9.84 Å². The van der Waals surface area contributed by atoms with E-state index in [1.807, 2.05) is 0 Å². The fourth-order valence-corrected chi connectivity index (χ4v) is 2.67. The van der Waals surface area contributed by atoms with E-state index in [0.717, 1.165) is 0 Å². The minimum Gasteiger partial charge on any atom is -0.295 e. The van der Waals surface area contributed by atoms with Gasteiger partial charge in [0.15, 0.2) is 15.6 Å². The standard InChI is InChI=1S/C12H14O3S/c1-9(2)8-16(14,15)12-6-4-11(5-7-12)10(3)13/h4-7H,1,8H2,2-3H3. The molecule has 0 amide bonds. The quantitative estimate of drug-likeness (QED) is 0.597. The summed E-state index contributed by atoms with van der Waals surface area (Å²) in [7, 11) is -3.31. The van der Waals surface area contributed by atoms with Crippen LogP contribution in [0.5, 0.6) is 0 Å². The number of sulfone groups is 1. The van der Waals surface area contributed by atoms with E-state index in [1.54, 1.807) is 6.92 Å². The van der Waals surface area contributed by atoms with Crippen LogP contribution >= 0.6 is 0 Å². The van der Waals surface area contributed by atoms with Crippen LogP contribution in [-0.4, -0.2) is 20.0 Å². The zero-order valence-electron chi connectivity index (χ0n) is 9.36. The highest BCUT2D eigenvalue weighted by Crippen LogP contribution is 2.14. The molecule has 0 aliphatic carbocycles. The molecule has 0 saturated carbocycles. The molecular weight excluding hydrogens is 224 g/mol. The van der Waals surface area contributed by atoms with Crippen molar-refractivity contribution in [3.63, 3.8) is 0 Å². The number of rotatable bonds is 4. The van der Waals surface area contributed by atoms with E-state index >= 15 is 0 Å². The SMILES string of the molecule is C=C(C)CS(=O)(=O)c1ccc(C(C)=O)cc1. The minimum absolute atomic E-state index is 0.0631. The Bertz CT molecular complexity index is 510. The second-order valence-corrected chi connectivity index (χ2v) is 5.79. The molecule has 0 atom stereocenters. The minimum atomic E-state index is -3.31. The van der Waals surface area contributed by atoms with Crippen molar-refractivity contribution in [2.24, 2.45) is 0 Å². The lowest BCUT2D eigenvalue weighted by molar-refractivity contribution is 0.101. The fraction of sp³-hybridized carbons (Fsp3) is 0.250. The molecule has 0 aromatic heterocycles. The van der Waals surface area contributed by atoms with E-state index in [4.69, 9.17) is 0 Å². The van der Waals surface area contributed by atoms with Gasteiger partial charge in [-0.05, 0) is 26.0 Å². The third-order valence-electron chi connectivity index (χ3n) is 2.06. The van der Waals surface area contributed by atoms with Crippen molar-refractivity contribution in [2.75, 3.05) is 5.75 Å². The van der Waals surface area contributed by atoms with Crippen LogP contribution in [0.1, 0.15) is 24.2 Å². The Morgan fingerprint density at radius 3 is 2.06 bits per heavy atom. The Labute approximate surface area is 95.7 Å². The number of carbonyl (C=O) groups excluding carboxylic acids is 1. The Balaban J connectivity index is 3.07. The van der Waals surface area contributed by atoms with Crippen molar-refractivity contribution in [1.82, 2.24) is 0 Å². The smallest absolute Gasteiger partial charge is 0.182 e. The lowest BCUT2D eigenvalue weighted by atomic mass is 10.2. The first-order chi connectivity index (χ1) is 7.33. The summed E-state index contributed by atoms with van der Waals surface area (Å²) >= 11 is 0. The van der Waals surface area contributed by atoms with E-state index < -0.39 is 9.84 Å². The van der Waals surface area contributed by atoms with Crippen molar-refractivity contribution in [1.29, 1.82) is 0 Å². The van der Waals surface area contributed by atoms with Gasteiger partial charge in [-0.3, -0.25) is 4.79 Å². The molecule has 1 rings (SSSR count). The average Bonchev–Trinajstić information content (AvgIpc) is 2.16. The molecule has 0 heterocycles.